The van der Waals surface area contributed by atoms with Crippen molar-refractivity contribution in [3.05, 3.63) is 60.2 Å². The molecule has 0 bridgehead atoms. The van der Waals surface area contributed by atoms with Gasteiger partial charge in [0.05, 0.1) is 7.11 Å². The minimum Gasteiger partial charge on any atom is -0.497 e. The molecule has 3 rings (SSSR count). The smallest absolute Gasteiger partial charge is 0.324 e. The summed E-state index contributed by atoms with van der Waals surface area (Å²) in [6.07, 6.45) is 0.977. The monoisotopic (exact) mass is 381 g/mol. The van der Waals surface area contributed by atoms with Gasteiger partial charge >= 0.3 is 6.03 Å². The summed E-state index contributed by atoms with van der Waals surface area (Å²) < 4.78 is 5.12. The van der Waals surface area contributed by atoms with Crippen LogP contribution in [0.4, 0.5) is 10.5 Å². The molecule has 7 heteroatoms. The molecule has 28 heavy (non-hydrogen) atoms. The summed E-state index contributed by atoms with van der Waals surface area (Å²) in [6.45, 7) is 0.295. The van der Waals surface area contributed by atoms with Crippen LogP contribution in [0.15, 0.2) is 54.6 Å². The van der Waals surface area contributed by atoms with E-state index in [0.29, 0.717) is 18.7 Å². The molecule has 0 unspecified atom stereocenters. The van der Waals surface area contributed by atoms with Crippen LogP contribution >= 0.6 is 0 Å². The Bertz CT molecular complexity index is 836. The molecular formula is C21H23N3O4. The second-order valence-corrected chi connectivity index (χ2v) is 6.54. The van der Waals surface area contributed by atoms with Crippen LogP contribution in [0.1, 0.15) is 18.4 Å². The van der Waals surface area contributed by atoms with E-state index < -0.39 is 12.1 Å². The van der Waals surface area contributed by atoms with Gasteiger partial charge in [-0.1, -0.05) is 30.3 Å². The van der Waals surface area contributed by atoms with Crippen LogP contribution in [-0.4, -0.2) is 42.4 Å². The largest absolute Gasteiger partial charge is 0.497 e. The highest BCUT2D eigenvalue weighted by atomic mass is 16.5. The molecule has 2 aromatic rings. The van der Waals surface area contributed by atoms with Gasteiger partial charge in [0.2, 0.25) is 5.91 Å². The molecule has 0 saturated carbocycles. The van der Waals surface area contributed by atoms with Gasteiger partial charge in [-0.2, -0.15) is 0 Å². The Morgan fingerprint density at radius 1 is 1.11 bits per heavy atom. The maximum atomic E-state index is 12.5. The van der Waals surface area contributed by atoms with E-state index in [1.807, 2.05) is 42.5 Å². The first-order chi connectivity index (χ1) is 13.6. The Labute approximate surface area is 163 Å². The summed E-state index contributed by atoms with van der Waals surface area (Å²) in [5.41, 5.74) is 1.71. The zero-order valence-electron chi connectivity index (χ0n) is 15.7. The van der Waals surface area contributed by atoms with Gasteiger partial charge < -0.3 is 15.4 Å². The molecule has 7 nitrogen and oxygen atoms in total. The zero-order chi connectivity index (χ0) is 19.9. The number of benzene rings is 2. The zero-order valence-corrected chi connectivity index (χ0v) is 15.7. The van der Waals surface area contributed by atoms with E-state index in [1.165, 1.54) is 4.90 Å². The van der Waals surface area contributed by atoms with Gasteiger partial charge in [-0.05, 0) is 42.7 Å². The quantitative estimate of drug-likeness (QED) is 0.688. The van der Waals surface area contributed by atoms with Crippen LogP contribution in [0.5, 0.6) is 5.75 Å². The Kier molecular flexibility index (Phi) is 6.26. The van der Waals surface area contributed by atoms with E-state index in [-0.39, 0.29) is 24.7 Å². The van der Waals surface area contributed by atoms with E-state index in [9.17, 15) is 14.4 Å². The number of imide groups is 1. The van der Waals surface area contributed by atoms with Crippen molar-refractivity contribution in [3.63, 3.8) is 0 Å². The van der Waals surface area contributed by atoms with Crippen molar-refractivity contribution in [2.75, 3.05) is 19.0 Å². The lowest BCUT2D eigenvalue weighted by molar-refractivity contribution is -0.127. The van der Waals surface area contributed by atoms with Crippen molar-refractivity contribution in [2.24, 2.45) is 0 Å². The van der Waals surface area contributed by atoms with E-state index >= 15 is 0 Å². The number of hydrogen-bond donors (Lipinski definition) is 2. The Morgan fingerprint density at radius 2 is 1.82 bits per heavy atom. The number of carbonyl (C=O) groups is 3. The molecule has 1 atom stereocenters. The predicted molar refractivity (Wildman–Crippen MR) is 105 cm³/mol. The van der Waals surface area contributed by atoms with Crippen LogP contribution < -0.4 is 15.4 Å². The molecule has 1 aliphatic heterocycles. The van der Waals surface area contributed by atoms with Gasteiger partial charge in [0.25, 0.3) is 5.91 Å². The Balaban J connectivity index is 1.47. The number of hydrogen-bond acceptors (Lipinski definition) is 4. The van der Waals surface area contributed by atoms with Crippen molar-refractivity contribution >= 4 is 23.5 Å². The van der Waals surface area contributed by atoms with Gasteiger partial charge in [0.15, 0.2) is 0 Å². The van der Waals surface area contributed by atoms with E-state index in [0.717, 1.165) is 11.3 Å². The number of urea groups is 1. The Morgan fingerprint density at radius 3 is 2.50 bits per heavy atom. The molecule has 1 saturated heterocycles. The van der Waals surface area contributed by atoms with E-state index in [1.54, 1.807) is 19.2 Å². The Hall–Kier alpha value is -3.35. The molecule has 4 amide bonds. The number of anilines is 1. The van der Waals surface area contributed by atoms with Crippen molar-refractivity contribution in [1.29, 1.82) is 0 Å². The first-order valence-electron chi connectivity index (χ1n) is 9.16. The second kappa shape index (κ2) is 9.03. The van der Waals surface area contributed by atoms with Crippen molar-refractivity contribution < 1.29 is 19.1 Å². The number of nitrogens with one attached hydrogen (secondary N) is 2. The lowest BCUT2D eigenvalue weighted by Crippen LogP contribution is -2.33. The third-order valence-electron chi connectivity index (χ3n) is 4.61. The lowest BCUT2D eigenvalue weighted by Gasteiger charge is -2.13. The fourth-order valence-electron chi connectivity index (χ4n) is 3.04. The minimum atomic E-state index is -0.662. The van der Waals surface area contributed by atoms with Gasteiger partial charge in [-0.25, -0.2) is 4.79 Å². The maximum Gasteiger partial charge on any atom is 0.324 e. The maximum absolute atomic E-state index is 12.5. The highest BCUT2D eigenvalue weighted by Crippen LogP contribution is 2.15. The van der Waals surface area contributed by atoms with Gasteiger partial charge in [-0.3, -0.25) is 14.5 Å². The summed E-state index contributed by atoms with van der Waals surface area (Å²) >= 11 is 0. The molecule has 1 aliphatic rings. The topological polar surface area (TPSA) is 87.7 Å². The molecule has 1 heterocycles. The van der Waals surface area contributed by atoms with Crippen LogP contribution in [-0.2, 0) is 16.0 Å². The van der Waals surface area contributed by atoms with Crippen molar-refractivity contribution in [2.45, 2.75) is 25.3 Å². The van der Waals surface area contributed by atoms with Crippen LogP contribution in [0, 0.1) is 0 Å². The van der Waals surface area contributed by atoms with E-state index in [4.69, 9.17) is 4.74 Å². The number of rotatable bonds is 8. The third-order valence-corrected chi connectivity index (χ3v) is 4.61. The third kappa shape index (κ3) is 4.88. The summed E-state index contributed by atoms with van der Waals surface area (Å²) in [7, 11) is 1.60. The number of amides is 4. The average Bonchev–Trinajstić information content (AvgIpc) is 2.99. The standard InChI is InChI=1S/C21H23N3O4/c1-28-17-9-7-15(8-10-17)13-14-24-20(26)18(23-21(24)27)11-12-19(25)22-16-5-3-2-4-6-16/h2-10,18H,11-14H2,1H3,(H,22,25)(H,23,27)/t18-/m1/s1. The van der Waals surface area contributed by atoms with Crippen LogP contribution in [0.2, 0.25) is 0 Å². The first kappa shape index (κ1) is 19.4. The molecule has 1 fully saturated rings. The molecule has 2 N–H and O–H groups in total. The van der Waals surface area contributed by atoms with E-state index in [2.05, 4.69) is 10.6 Å². The van der Waals surface area contributed by atoms with Gasteiger partial charge in [0, 0.05) is 18.7 Å². The number of nitrogens with zero attached hydrogens (tertiary/aromatic N) is 1. The lowest BCUT2D eigenvalue weighted by atomic mass is 10.1. The summed E-state index contributed by atoms with van der Waals surface area (Å²) in [5, 5.41) is 5.44. The summed E-state index contributed by atoms with van der Waals surface area (Å²) in [6, 6.07) is 15.5. The molecule has 0 spiro atoms. The van der Waals surface area contributed by atoms with Gasteiger partial charge in [-0.15, -0.1) is 0 Å². The second-order valence-electron chi connectivity index (χ2n) is 6.54. The first-order valence-corrected chi connectivity index (χ1v) is 9.16. The molecule has 0 radical (unpaired) electrons. The molecule has 0 aromatic heterocycles. The van der Waals surface area contributed by atoms with Crippen molar-refractivity contribution in [3.8, 4) is 5.75 Å². The number of carbonyl (C=O) groups excluding carboxylic acids is 3. The van der Waals surface area contributed by atoms with Crippen LogP contribution in [0.3, 0.4) is 0 Å². The van der Waals surface area contributed by atoms with Gasteiger partial charge in [0.1, 0.15) is 11.8 Å². The molecule has 146 valence electrons. The number of ether oxygens (including phenoxy) is 1. The fourth-order valence-corrected chi connectivity index (χ4v) is 3.04. The highest BCUT2D eigenvalue weighted by Gasteiger charge is 2.37. The molecule has 0 aliphatic carbocycles. The van der Waals surface area contributed by atoms with Crippen molar-refractivity contribution in [1.82, 2.24) is 10.2 Å². The number of methoxy groups -OCH3 is 1. The normalized spacial score (nSPS) is 16.0. The highest BCUT2D eigenvalue weighted by molar-refractivity contribution is 6.04. The minimum absolute atomic E-state index is 0.151. The summed E-state index contributed by atoms with van der Waals surface area (Å²) in [5.74, 6) is 0.281. The fraction of sp³-hybridized carbons (Fsp3) is 0.286. The number of para-hydroxylation sites is 1. The molecular weight excluding hydrogens is 358 g/mol. The summed E-state index contributed by atoms with van der Waals surface area (Å²) in [4.78, 5) is 37.9. The average molecular weight is 381 g/mol. The predicted octanol–water partition coefficient (Wildman–Crippen LogP) is 2.58. The SMILES string of the molecule is COc1ccc(CCN2C(=O)N[C@H](CCC(=O)Nc3ccccc3)C2=O)cc1. The molecule has 2 aromatic carbocycles. The van der Waals surface area contributed by atoms with Crippen LogP contribution in [0.25, 0.3) is 0 Å².